The molecule has 0 bridgehead atoms. The van der Waals surface area contributed by atoms with Crippen LogP contribution in [0.4, 0.5) is 5.69 Å². The van der Waals surface area contributed by atoms with Gasteiger partial charge in [0.1, 0.15) is 11.5 Å². The minimum Gasteiger partial charge on any atom is -0.457 e. The molecule has 1 N–H and O–H groups in total. The van der Waals surface area contributed by atoms with Crippen LogP contribution in [0, 0.1) is 10.5 Å². The highest BCUT2D eigenvalue weighted by atomic mass is 127. The van der Waals surface area contributed by atoms with Crippen molar-refractivity contribution in [1.29, 1.82) is 0 Å². The van der Waals surface area contributed by atoms with Gasteiger partial charge in [-0.05, 0) is 90.2 Å². The van der Waals surface area contributed by atoms with Crippen LogP contribution >= 0.6 is 22.6 Å². The first-order valence-corrected chi connectivity index (χ1v) is 9.43. The van der Waals surface area contributed by atoms with Crippen LogP contribution in [-0.2, 0) is 11.3 Å². The molecule has 1 aromatic heterocycles. The number of carbonyl (C=O) groups is 1. The number of aromatic nitrogens is 1. The molecule has 0 aliphatic rings. The Bertz CT molecular complexity index is 925. The van der Waals surface area contributed by atoms with Crippen LogP contribution in [0.25, 0.3) is 0 Å². The molecule has 0 fully saturated rings. The van der Waals surface area contributed by atoms with Crippen molar-refractivity contribution in [3.8, 4) is 11.5 Å². The number of nitrogens with one attached hydrogen (secondary N) is 1. The van der Waals surface area contributed by atoms with Crippen LogP contribution in [0.2, 0.25) is 0 Å². The Morgan fingerprint density at radius 2 is 1.63 bits per heavy atom. The lowest BCUT2D eigenvalue weighted by Gasteiger charge is -2.10. The molecule has 0 saturated heterocycles. The van der Waals surface area contributed by atoms with Gasteiger partial charge in [0.15, 0.2) is 0 Å². The van der Waals surface area contributed by atoms with Crippen LogP contribution < -0.4 is 10.1 Å². The van der Waals surface area contributed by atoms with Gasteiger partial charge in [-0.2, -0.15) is 0 Å². The molecule has 0 saturated carbocycles. The van der Waals surface area contributed by atoms with Crippen molar-refractivity contribution in [2.45, 2.75) is 13.5 Å². The standard InChI is InChI=1S/C21H19IN2O3/c1-14-20(12-7-17(23-14)13-26-2)21(25)24-16-5-10-19(11-6-16)27-18-8-3-15(22)4-9-18/h3-12H,13H2,1-2H3,(H,24,25). The smallest absolute Gasteiger partial charge is 0.257 e. The van der Waals surface area contributed by atoms with E-state index in [1.165, 1.54) is 0 Å². The molecular weight excluding hydrogens is 455 g/mol. The first kappa shape index (κ1) is 19.3. The molecule has 138 valence electrons. The number of halogens is 1. The molecule has 2 aromatic carbocycles. The molecule has 1 amide bonds. The molecule has 0 spiro atoms. The molecule has 5 nitrogen and oxygen atoms in total. The number of benzene rings is 2. The number of nitrogens with zero attached hydrogens (tertiary/aromatic N) is 1. The topological polar surface area (TPSA) is 60.5 Å². The van der Waals surface area contributed by atoms with E-state index in [0.29, 0.717) is 29.3 Å². The van der Waals surface area contributed by atoms with Crippen LogP contribution in [0.15, 0.2) is 60.7 Å². The summed E-state index contributed by atoms with van der Waals surface area (Å²) in [7, 11) is 1.61. The number of methoxy groups -OCH3 is 1. The van der Waals surface area contributed by atoms with Gasteiger partial charge >= 0.3 is 0 Å². The van der Waals surface area contributed by atoms with Crippen LogP contribution in [-0.4, -0.2) is 18.0 Å². The maximum atomic E-state index is 12.5. The predicted octanol–water partition coefficient (Wildman–Crippen LogP) is 5.19. The molecule has 0 radical (unpaired) electrons. The van der Waals surface area contributed by atoms with Gasteiger partial charge in [-0.1, -0.05) is 0 Å². The molecule has 0 aliphatic heterocycles. The molecule has 0 atom stereocenters. The Hall–Kier alpha value is -2.45. The van der Waals surface area contributed by atoms with Crippen molar-refractivity contribution in [3.05, 3.63) is 81.2 Å². The van der Waals surface area contributed by atoms with Gasteiger partial charge in [-0.25, -0.2) is 0 Å². The number of hydrogen-bond donors (Lipinski definition) is 1. The van der Waals surface area contributed by atoms with Crippen molar-refractivity contribution in [3.63, 3.8) is 0 Å². The van der Waals surface area contributed by atoms with E-state index in [1.807, 2.05) is 55.5 Å². The van der Waals surface area contributed by atoms with E-state index in [-0.39, 0.29) is 5.91 Å². The first-order chi connectivity index (χ1) is 13.0. The molecule has 1 heterocycles. The van der Waals surface area contributed by atoms with Gasteiger partial charge in [0, 0.05) is 16.4 Å². The molecule has 27 heavy (non-hydrogen) atoms. The minimum atomic E-state index is -0.199. The second-order valence-electron chi connectivity index (χ2n) is 5.90. The zero-order chi connectivity index (χ0) is 19.2. The van der Waals surface area contributed by atoms with Crippen molar-refractivity contribution < 1.29 is 14.3 Å². The van der Waals surface area contributed by atoms with E-state index in [1.54, 1.807) is 19.2 Å². The third-order valence-corrected chi connectivity index (χ3v) is 4.56. The summed E-state index contributed by atoms with van der Waals surface area (Å²) in [6, 6.07) is 18.6. The fourth-order valence-corrected chi connectivity index (χ4v) is 2.88. The SMILES string of the molecule is COCc1ccc(C(=O)Nc2ccc(Oc3ccc(I)cc3)cc2)c(C)n1. The van der Waals surface area contributed by atoms with Crippen molar-refractivity contribution >= 4 is 34.2 Å². The summed E-state index contributed by atoms with van der Waals surface area (Å²) in [5, 5.41) is 2.88. The maximum absolute atomic E-state index is 12.5. The summed E-state index contributed by atoms with van der Waals surface area (Å²) in [5.74, 6) is 1.27. The third kappa shape index (κ3) is 5.27. The number of amides is 1. The summed E-state index contributed by atoms with van der Waals surface area (Å²) < 4.78 is 12.0. The fraction of sp³-hybridized carbons (Fsp3) is 0.143. The van der Waals surface area contributed by atoms with E-state index in [9.17, 15) is 4.79 Å². The molecule has 0 aliphatic carbocycles. The summed E-state index contributed by atoms with van der Waals surface area (Å²) >= 11 is 2.25. The highest BCUT2D eigenvalue weighted by molar-refractivity contribution is 14.1. The van der Waals surface area contributed by atoms with E-state index < -0.39 is 0 Å². The van der Waals surface area contributed by atoms with E-state index >= 15 is 0 Å². The third-order valence-electron chi connectivity index (χ3n) is 3.84. The van der Waals surface area contributed by atoms with Crippen LogP contribution in [0.3, 0.4) is 0 Å². The minimum absolute atomic E-state index is 0.199. The summed E-state index contributed by atoms with van der Waals surface area (Å²) in [5.41, 5.74) is 2.69. The lowest BCUT2D eigenvalue weighted by atomic mass is 10.1. The maximum Gasteiger partial charge on any atom is 0.257 e. The number of ether oxygens (including phenoxy) is 2. The van der Waals surface area contributed by atoms with Crippen LogP contribution in [0.5, 0.6) is 11.5 Å². The van der Waals surface area contributed by atoms with E-state index in [0.717, 1.165) is 15.0 Å². The van der Waals surface area contributed by atoms with Gasteiger partial charge in [0.05, 0.1) is 23.6 Å². The fourth-order valence-electron chi connectivity index (χ4n) is 2.52. The monoisotopic (exact) mass is 474 g/mol. The second kappa shape index (κ2) is 8.96. The second-order valence-corrected chi connectivity index (χ2v) is 7.15. The molecular formula is C21H19IN2O3. The van der Waals surface area contributed by atoms with E-state index in [4.69, 9.17) is 9.47 Å². The summed E-state index contributed by atoms with van der Waals surface area (Å²) in [6.45, 7) is 2.23. The Balaban J connectivity index is 1.65. The average molecular weight is 474 g/mol. The summed E-state index contributed by atoms with van der Waals surface area (Å²) in [4.78, 5) is 16.9. The number of carbonyl (C=O) groups excluding carboxylic acids is 1. The number of rotatable bonds is 6. The number of aryl methyl sites for hydroxylation is 1. The molecule has 3 aromatic rings. The lowest BCUT2D eigenvalue weighted by Crippen LogP contribution is -2.14. The lowest BCUT2D eigenvalue weighted by molar-refractivity contribution is 0.102. The van der Waals surface area contributed by atoms with Crippen LogP contribution in [0.1, 0.15) is 21.7 Å². The number of pyridine rings is 1. The molecule has 3 rings (SSSR count). The van der Waals surface area contributed by atoms with E-state index in [2.05, 4.69) is 32.9 Å². The van der Waals surface area contributed by atoms with Gasteiger partial charge in [-0.15, -0.1) is 0 Å². The Labute approximate surface area is 171 Å². The van der Waals surface area contributed by atoms with Gasteiger partial charge in [-0.3, -0.25) is 9.78 Å². The van der Waals surface area contributed by atoms with Gasteiger partial charge in [0.2, 0.25) is 0 Å². The Kier molecular flexibility index (Phi) is 6.41. The first-order valence-electron chi connectivity index (χ1n) is 8.35. The summed E-state index contributed by atoms with van der Waals surface area (Å²) in [6.07, 6.45) is 0. The highest BCUT2D eigenvalue weighted by Crippen LogP contribution is 2.24. The molecule has 0 unspecified atom stereocenters. The number of anilines is 1. The number of hydrogen-bond acceptors (Lipinski definition) is 4. The largest absolute Gasteiger partial charge is 0.457 e. The molecule has 6 heteroatoms. The predicted molar refractivity (Wildman–Crippen MR) is 113 cm³/mol. The van der Waals surface area contributed by atoms with Crippen molar-refractivity contribution in [2.75, 3.05) is 12.4 Å². The highest BCUT2D eigenvalue weighted by Gasteiger charge is 2.11. The quantitative estimate of drug-likeness (QED) is 0.500. The van der Waals surface area contributed by atoms with Crippen molar-refractivity contribution in [1.82, 2.24) is 4.98 Å². The normalized spacial score (nSPS) is 10.5. The zero-order valence-corrected chi connectivity index (χ0v) is 17.2. The van der Waals surface area contributed by atoms with Gasteiger partial charge in [0.25, 0.3) is 5.91 Å². The Morgan fingerprint density at radius 3 is 2.22 bits per heavy atom. The zero-order valence-electron chi connectivity index (χ0n) is 15.0. The van der Waals surface area contributed by atoms with Gasteiger partial charge < -0.3 is 14.8 Å². The Morgan fingerprint density at radius 1 is 1.00 bits per heavy atom. The van der Waals surface area contributed by atoms with Crippen molar-refractivity contribution in [2.24, 2.45) is 0 Å². The average Bonchev–Trinajstić information content (AvgIpc) is 2.65.